The van der Waals surface area contributed by atoms with Gasteiger partial charge in [-0.15, -0.1) is 0 Å². The average molecular weight is 289 g/mol. The SMILES string of the molecule is OC[C@H]1CN(Cc2cccnc2)C[C@H]1CN1CCCCC1. The Morgan fingerprint density at radius 3 is 2.62 bits per heavy atom. The van der Waals surface area contributed by atoms with E-state index in [0.29, 0.717) is 18.4 Å². The summed E-state index contributed by atoms with van der Waals surface area (Å²) >= 11 is 0. The number of rotatable bonds is 5. The molecule has 0 unspecified atom stereocenters. The maximum atomic E-state index is 9.69. The Morgan fingerprint density at radius 2 is 1.90 bits per heavy atom. The van der Waals surface area contributed by atoms with Crippen LogP contribution in [0.4, 0.5) is 0 Å². The van der Waals surface area contributed by atoms with Crippen LogP contribution in [0.2, 0.25) is 0 Å². The van der Waals surface area contributed by atoms with E-state index in [1.165, 1.54) is 37.9 Å². The maximum Gasteiger partial charge on any atom is 0.0475 e. The number of aliphatic hydroxyl groups excluding tert-OH is 1. The first-order valence-electron chi connectivity index (χ1n) is 8.29. The van der Waals surface area contributed by atoms with Crippen molar-refractivity contribution in [3.05, 3.63) is 30.1 Å². The molecule has 4 heteroatoms. The molecule has 0 amide bonds. The van der Waals surface area contributed by atoms with Crippen molar-refractivity contribution >= 4 is 0 Å². The Morgan fingerprint density at radius 1 is 1.10 bits per heavy atom. The van der Waals surface area contributed by atoms with Crippen LogP contribution in [-0.4, -0.2) is 59.2 Å². The van der Waals surface area contributed by atoms with Crippen LogP contribution < -0.4 is 0 Å². The normalized spacial score (nSPS) is 28.0. The highest BCUT2D eigenvalue weighted by atomic mass is 16.3. The van der Waals surface area contributed by atoms with Gasteiger partial charge < -0.3 is 10.0 Å². The maximum absolute atomic E-state index is 9.69. The molecule has 1 aromatic rings. The van der Waals surface area contributed by atoms with Crippen LogP contribution in [-0.2, 0) is 6.54 Å². The zero-order chi connectivity index (χ0) is 14.5. The summed E-state index contributed by atoms with van der Waals surface area (Å²) in [7, 11) is 0. The highest BCUT2D eigenvalue weighted by Crippen LogP contribution is 2.26. The third kappa shape index (κ3) is 4.02. The fourth-order valence-electron chi connectivity index (χ4n) is 3.80. The molecule has 2 atom stereocenters. The van der Waals surface area contributed by atoms with Gasteiger partial charge in [0.25, 0.3) is 0 Å². The second kappa shape index (κ2) is 7.34. The van der Waals surface area contributed by atoms with Crippen molar-refractivity contribution in [2.45, 2.75) is 25.8 Å². The molecule has 2 aliphatic heterocycles. The number of aromatic nitrogens is 1. The van der Waals surface area contributed by atoms with Gasteiger partial charge in [-0.3, -0.25) is 9.88 Å². The molecule has 0 aromatic carbocycles. The van der Waals surface area contributed by atoms with E-state index in [1.807, 2.05) is 18.5 Å². The van der Waals surface area contributed by atoms with Gasteiger partial charge in [0.05, 0.1) is 0 Å². The predicted molar refractivity (Wildman–Crippen MR) is 83.9 cm³/mol. The molecule has 4 nitrogen and oxygen atoms in total. The number of aliphatic hydroxyl groups is 1. The summed E-state index contributed by atoms with van der Waals surface area (Å²) in [5.41, 5.74) is 1.27. The molecule has 3 rings (SSSR count). The summed E-state index contributed by atoms with van der Waals surface area (Å²) in [5, 5.41) is 9.69. The third-order valence-electron chi connectivity index (χ3n) is 4.96. The van der Waals surface area contributed by atoms with Crippen LogP contribution in [0.5, 0.6) is 0 Å². The minimum atomic E-state index is 0.321. The lowest BCUT2D eigenvalue weighted by molar-refractivity contribution is 0.149. The second-order valence-electron chi connectivity index (χ2n) is 6.62. The molecular weight excluding hydrogens is 262 g/mol. The molecule has 116 valence electrons. The molecule has 2 fully saturated rings. The lowest BCUT2D eigenvalue weighted by Crippen LogP contribution is -2.37. The Labute approximate surface area is 127 Å². The summed E-state index contributed by atoms with van der Waals surface area (Å²) in [4.78, 5) is 9.27. The number of piperidine rings is 1. The van der Waals surface area contributed by atoms with E-state index < -0.39 is 0 Å². The standard InChI is InChI=1S/C17H27N3O/c21-14-17-13-20(10-15-5-4-6-18-9-15)12-16(17)11-19-7-2-1-3-8-19/h4-6,9,16-17,21H,1-3,7-8,10-14H2/t16-,17-/m1/s1. The van der Waals surface area contributed by atoms with Crippen LogP contribution >= 0.6 is 0 Å². The number of likely N-dealkylation sites (tertiary alicyclic amines) is 2. The average Bonchev–Trinajstić information content (AvgIpc) is 2.91. The Kier molecular flexibility index (Phi) is 5.22. The predicted octanol–water partition coefficient (Wildman–Crippen LogP) is 1.61. The monoisotopic (exact) mass is 289 g/mol. The molecule has 0 aliphatic carbocycles. The van der Waals surface area contributed by atoms with Crippen molar-refractivity contribution in [3.8, 4) is 0 Å². The smallest absolute Gasteiger partial charge is 0.0475 e. The van der Waals surface area contributed by atoms with Gasteiger partial charge in [0, 0.05) is 45.2 Å². The second-order valence-corrected chi connectivity index (χ2v) is 6.62. The van der Waals surface area contributed by atoms with Crippen LogP contribution in [0.1, 0.15) is 24.8 Å². The van der Waals surface area contributed by atoms with E-state index in [0.717, 1.165) is 26.2 Å². The van der Waals surface area contributed by atoms with Gasteiger partial charge in [0.1, 0.15) is 0 Å². The quantitative estimate of drug-likeness (QED) is 0.894. The fraction of sp³-hybridized carbons (Fsp3) is 0.706. The lowest BCUT2D eigenvalue weighted by Gasteiger charge is -2.30. The van der Waals surface area contributed by atoms with Crippen molar-refractivity contribution in [3.63, 3.8) is 0 Å². The minimum Gasteiger partial charge on any atom is -0.396 e. The molecule has 0 bridgehead atoms. The van der Waals surface area contributed by atoms with Crippen LogP contribution in [0.25, 0.3) is 0 Å². The number of nitrogens with zero attached hydrogens (tertiary/aromatic N) is 3. The number of hydrogen-bond donors (Lipinski definition) is 1. The largest absolute Gasteiger partial charge is 0.396 e. The van der Waals surface area contributed by atoms with Gasteiger partial charge in [-0.1, -0.05) is 12.5 Å². The van der Waals surface area contributed by atoms with Crippen LogP contribution in [0, 0.1) is 11.8 Å². The first kappa shape index (κ1) is 14.9. The van der Waals surface area contributed by atoms with E-state index in [4.69, 9.17) is 0 Å². The van der Waals surface area contributed by atoms with Crippen molar-refractivity contribution in [1.29, 1.82) is 0 Å². The molecular formula is C17H27N3O. The van der Waals surface area contributed by atoms with Crippen molar-refractivity contribution in [2.75, 3.05) is 39.3 Å². The lowest BCUT2D eigenvalue weighted by atomic mass is 9.95. The summed E-state index contributed by atoms with van der Waals surface area (Å²) in [6, 6.07) is 4.14. The molecule has 3 heterocycles. The van der Waals surface area contributed by atoms with Gasteiger partial charge in [0.15, 0.2) is 0 Å². The first-order valence-corrected chi connectivity index (χ1v) is 8.29. The number of hydrogen-bond acceptors (Lipinski definition) is 4. The molecule has 0 radical (unpaired) electrons. The zero-order valence-corrected chi connectivity index (χ0v) is 12.8. The Bertz CT molecular complexity index is 419. The molecule has 21 heavy (non-hydrogen) atoms. The highest BCUT2D eigenvalue weighted by Gasteiger charge is 2.33. The van der Waals surface area contributed by atoms with E-state index in [2.05, 4.69) is 20.9 Å². The van der Waals surface area contributed by atoms with Crippen molar-refractivity contribution in [1.82, 2.24) is 14.8 Å². The first-order chi connectivity index (χ1) is 10.3. The van der Waals surface area contributed by atoms with E-state index in [-0.39, 0.29) is 0 Å². The van der Waals surface area contributed by atoms with Gasteiger partial charge in [-0.05, 0) is 49.4 Å². The molecule has 0 spiro atoms. The van der Waals surface area contributed by atoms with Gasteiger partial charge in [-0.25, -0.2) is 0 Å². The molecule has 1 aromatic heterocycles. The van der Waals surface area contributed by atoms with E-state index in [1.54, 1.807) is 0 Å². The molecule has 2 saturated heterocycles. The minimum absolute atomic E-state index is 0.321. The Hall–Kier alpha value is -0.970. The molecule has 2 aliphatic rings. The highest BCUT2D eigenvalue weighted by molar-refractivity contribution is 5.08. The van der Waals surface area contributed by atoms with Gasteiger partial charge in [-0.2, -0.15) is 0 Å². The molecule has 0 saturated carbocycles. The van der Waals surface area contributed by atoms with Gasteiger partial charge >= 0.3 is 0 Å². The third-order valence-corrected chi connectivity index (χ3v) is 4.96. The summed E-state index contributed by atoms with van der Waals surface area (Å²) in [6.45, 7) is 7.06. The molecule has 1 N–H and O–H groups in total. The van der Waals surface area contributed by atoms with Crippen LogP contribution in [0.15, 0.2) is 24.5 Å². The zero-order valence-electron chi connectivity index (χ0n) is 12.8. The van der Waals surface area contributed by atoms with Gasteiger partial charge in [0.2, 0.25) is 0 Å². The van der Waals surface area contributed by atoms with E-state index in [9.17, 15) is 5.11 Å². The number of pyridine rings is 1. The fourth-order valence-corrected chi connectivity index (χ4v) is 3.80. The van der Waals surface area contributed by atoms with Crippen molar-refractivity contribution in [2.24, 2.45) is 11.8 Å². The Balaban J connectivity index is 1.55. The van der Waals surface area contributed by atoms with E-state index >= 15 is 0 Å². The van der Waals surface area contributed by atoms with Crippen molar-refractivity contribution < 1.29 is 5.11 Å². The topological polar surface area (TPSA) is 39.6 Å². The summed E-state index contributed by atoms with van der Waals surface area (Å²) in [5.74, 6) is 1.05. The summed E-state index contributed by atoms with van der Waals surface area (Å²) in [6.07, 6.45) is 7.85. The van der Waals surface area contributed by atoms with Crippen LogP contribution in [0.3, 0.4) is 0 Å². The summed E-state index contributed by atoms with van der Waals surface area (Å²) < 4.78 is 0.